The van der Waals surface area contributed by atoms with E-state index in [0.29, 0.717) is 37.4 Å². The molecule has 3 fully saturated rings. The lowest BCUT2D eigenvalue weighted by Crippen LogP contribution is -2.51. The summed E-state index contributed by atoms with van der Waals surface area (Å²) in [6.45, 7) is 5.90. The Hall–Kier alpha value is -2.41. The molecule has 3 saturated heterocycles. The number of hydrogen-bond donors (Lipinski definition) is 0. The van der Waals surface area contributed by atoms with Gasteiger partial charge >= 0.3 is 0 Å². The predicted molar refractivity (Wildman–Crippen MR) is 129 cm³/mol. The van der Waals surface area contributed by atoms with E-state index >= 15 is 0 Å². The second-order valence-corrected chi connectivity index (χ2v) is 10.0. The van der Waals surface area contributed by atoms with E-state index in [1.54, 1.807) is 0 Å². The fraction of sp³-hybridized carbons (Fsp3) is 0.654. The molecular weight excluding hydrogens is 414 g/mol. The molecule has 2 aromatic rings. The molecule has 0 aliphatic carbocycles. The number of para-hydroxylation sites is 1. The molecule has 33 heavy (non-hydrogen) atoms. The first-order chi connectivity index (χ1) is 16.2. The average Bonchev–Trinajstić information content (AvgIpc) is 3.54. The van der Waals surface area contributed by atoms with Crippen LogP contribution in [-0.4, -0.2) is 81.6 Å². The van der Waals surface area contributed by atoms with Crippen molar-refractivity contribution < 1.29 is 9.59 Å². The number of hydrogen-bond acceptors (Lipinski definition) is 4. The number of benzene rings is 1. The number of piperidine rings is 2. The molecule has 7 nitrogen and oxygen atoms in total. The van der Waals surface area contributed by atoms with Crippen LogP contribution in [0.1, 0.15) is 51.4 Å². The van der Waals surface area contributed by atoms with E-state index in [1.807, 2.05) is 27.9 Å². The average molecular weight is 452 g/mol. The highest BCUT2D eigenvalue weighted by molar-refractivity contribution is 5.80. The summed E-state index contributed by atoms with van der Waals surface area (Å²) in [5, 5.41) is 5.61. The first-order valence-corrected chi connectivity index (χ1v) is 12.9. The van der Waals surface area contributed by atoms with Gasteiger partial charge in [0.05, 0.1) is 24.8 Å². The van der Waals surface area contributed by atoms with Gasteiger partial charge < -0.3 is 9.80 Å². The van der Waals surface area contributed by atoms with Crippen molar-refractivity contribution in [3.63, 3.8) is 0 Å². The summed E-state index contributed by atoms with van der Waals surface area (Å²) in [7, 11) is 0. The highest BCUT2D eigenvalue weighted by Gasteiger charge is 2.35. The second-order valence-electron chi connectivity index (χ2n) is 10.0. The summed E-state index contributed by atoms with van der Waals surface area (Å²) in [6.07, 6.45) is 10.3. The Morgan fingerprint density at radius 3 is 2.45 bits per heavy atom. The maximum Gasteiger partial charge on any atom is 0.236 e. The quantitative estimate of drug-likeness (QED) is 0.677. The lowest BCUT2D eigenvalue weighted by molar-refractivity contribution is -0.137. The molecule has 0 bridgehead atoms. The van der Waals surface area contributed by atoms with Crippen LogP contribution in [0.15, 0.2) is 30.5 Å². The Kier molecular flexibility index (Phi) is 6.95. The number of aromatic nitrogens is 2. The Balaban J connectivity index is 1.14. The van der Waals surface area contributed by atoms with Crippen LogP contribution < -0.4 is 0 Å². The minimum atomic E-state index is 0.269. The van der Waals surface area contributed by atoms with Crippen molar-refractivity contribution >= 4 is 22.7 Å². The van der Waals surface area contributed by atoms with E-state index in [4.69, 9.17) is 0 Å². The van der Waals surface area contributed by atoms with Gasteiger partial charge in [-0.05, 0) is 70.0 Å². The maximum atomic E-state index is 13.3. The fourth-order valence-electron chi connectivity index (χ4n) is 6.06. The molecule has 3 aliphatic rings. The van der Waals surface area contributed by atoms with Gasteiger partial charge in [-0.3, -0.25) is 19.2 Å². The van der Waals surface area contributed by atoms with Crippen LogP contribution in [0.5, 0.6) is 0 Å². The monoisotopic (exact) mass is 451 g/mol. The minimum absolute atomic E-state index is 0.269. The van der Waals surface area contributed by atoms with E-state index in [-0.39, 0.29) is 5.91 Å². The zero-order valence-electron chi connectivity index (χ0n) is 19.7. The fourth-order valence-corrected chi connectivity index (χ4v) is 6.06. The molecule has 0 N–H and O–H groups in total. The van der Waals surface area contributed by atoms with Crippen molar-refractivity contribution in [2.75, 3.05) is 39.3 Å². The standard InChI is InChI=1S/C26H37N5O2/c32-25(12-18-31-24-9-2-1-7-22(24)19-27-31)30-15-4-3-8-23(30)21-10-16-28(17-11-21)20-26(33)29-13-5-6-14-29/h1-2,7,9,19,21,23H,3-6,8,10-18,20H2/t23-/m0/s1. The van der Waals surface area contributed by atoms with Gasteiger partial charge in [-0.1, -0.05) is 18.2 Å². The predicted octanol–water partition coefficient (Wildman–Crippen LogP) is 3.14. The molecule has 1 aromatic heterocycles. The zero-order valence-corrected chi connectivity index (χ0v) is 19.7. The van der Waals surface area contributed by atoms with Crippen LogP contribution in [0.4, 0.5) is 0 Å². The molecule has 178 valence electrons. The summed E-state index contributed by atoms with van der Waals surface area (Å²) in [4.78, 5) is 32.3. The van der Waals surface area contributed by atoms with E-state index in [1.165, 1.54) is 6.42 Å². The number of likely N-dealkylation sites (tertiary alicyclic amines) is 3. The first kappa shape index (κ1) is 22.4. The molecule has 1 atom stereocenters. The summed E-state index contributed by atoms with van der Waals surface area (Å²) in [5.41, 5.74) is 1.09. The third-order valence-corrected chi connectivity index (χ3v) is 7.95. The van der Waals surface area contributed by atoms with E-state index in [9.17, 15) is 9.59 Å². The number of amides is 2. The second kappa shape index (κ2) is 10.2. The molecule has 2 amide bonds. The SMILES string of the molecule is O=C(CN1CCC([C@@H]2CCCCN2C(=O)CCn2ncc3ccccc32)CC1)N1CCCC1. The summed E-state index contributed by atoms with van der Waals surface area (Å²) in [6, 6.07) is 8.53. The third-order valence-electron chi connectivity index (χ3n) is 7.95. The van der Waals surface area contributed by atoms with E-state index in [0.717, 1.165) is 82.2 Å². The molecule has 0 unspecified atom stereocenters. The van der Waals surface area contributed by atoms with Gasteiger partial charge in [-0.25, -0.2) is 0 Å². The normalized spacial score (nSPS) is 22.8. The van der Waals surface area contributed by atoms with Gasteiger partial charge in [0.15, 0.2) is 0 Å². The van der Waals surface area contributed by atoms with E-state index in [2.05, 4.69) is 27.0 Å². The van der Waals surface area contributed by atoms with Crippen LogP contribution in [0.3, 0.4) is 0 Å². The molecule has 0 saturated carbocycles. The van der Waals surface area contributed by atoms with Gasteiger partial charge in [0, 0.05) is 37.5 Å². The number of aryl methyl sites for hydroxylation is 1. The van der Waals surface area contributed by atoms with Crippen LogP contribution in [0, 0.1) is 5.92 Å². The molecule has 0 radical (unpaired) electrons. The zero-order chi connectivity index (χ0) is 22.6. The van der Waals surface area contributed by atoms with Crippen LogP contribution in [0.2, 0.25) is 0 Å². The largest absolute Gasteiger partial charge is 0.342 e. The van der Waals surface area contributed by atoms with Crippen molar-refractivity contribution in [1.29, 1.82) is 0 Å². The molecule has 3 aliphatic heterocycles. The minimum Gasteiger partial charge on any atom is -0.342 e. The topological polar surface area (TPSA) is 61.7 Å². The smallest absolute Gasteiger partial charge is 0.236 e. The lowest BCUT2D eigenvalue weighted by Gasteiger charge is -2.44. The van der Waals surface area contributed by atoms with Gasteiger partial charge in [0.2, 0.25) is 11.8 Å². The number of nitrogens with zero attached hydrogens (tertiary/aromatic N) is 5. The van der Waals surface area contributed by atoms with Crippen molar-refractivity contribution in [2.24, 2.45) is 5.92 Å². The Morgan fingerprint density at radius 1 is 0.879 bits per heavy atom. The Morgan fingerprint density at radius 2 is 1.64 bits per heavy atom. The number of rotatable bonds is 6. The highest BCUT2D eigenvalue weighted by Crippen LogP contribution is 2.31. The number of carbonyl (C=O) groups is 2. The highest BCUT2D eigenvalue weighted by atomic mass is 16.2. The Labute approximate surface area is 196 Å². The summed E-state index contributed by atoms with van der Waals surface area (Å²) >= 11 is 0. The van der Waals surface area contributed by atoms with Crippen molar-refractivity contribution in [3.8, 4) is 0 Å². The maximum absolute atomic E-state index is 13.3. The first-order valence-electron chi connectivity index (χ1n) is 12.9. The lowest BCUT2D eigenvalue weighted by atomic mass is 9.83. The number of fused-ring (bicyclic) bond motifs is 1. The van der Waals surface area contributed by atoms with Crippen molar-refractivity contribution in [2.45, 2.75) is 64.0 Å². The summed E-state index contributed by atoms with van der Waals surface area (Å²) < 4.78 is 1.96. The van der Waals surface area contributed by atoms with E-state index < -0.39 is 0 Å². The van der Waals surface area contributed by atoms with Crippen LogP contribution in [0.25, 0.3) is 10.9 Å². The number of carbonyl (C=O) groups excluding carboxylic acids is 2. The van der Waals surface area contributed by atoms with Crippen LogP contribution in [-0.2, 0) is 16.1 Å². The van der Waals surface area contributed by atoms with Gasteiger partial charge in [0.25, 0.3) is 0 Å². The van der Waals surface area contributed by atoms with Crippen LogP contribution >= 0.6 is 0 Å². The van der Waals surface area contributed by atoms with Gasteiger partial charge in [-0.2, -0.15) is 5.10 Å². The molecule has 7 heteroatoms. The molecular formula is C26H37N5O2. The molecule has 4 heterocycles. The van der Waals surface area contributed by atoms with Crippen molar-refractivity contribution in [1.82, 2.24) is 24.5 Å². The van der Waals surface area contributed by atoms with Gasteiger partial charge in [-0.15, -0.1) is 0 Å². The van der Waals surface area contributed by atoms with Gasteiger partial charge in [0.1, 0.15) is 0 Å². The molecule has 1 aromatic carbocycles. The summed E-state index contributed by atoms with van der Waals surface area (Å²) in [5.74, 6) is 1.12. The molecule has 5 rings (SSSR count). The van der Waals surface area contributed by atoms with Crippen molar-refractivity contribution in [3.05, 3.63) is 30.5 Å². The third kappa shape index (κ3) is 5.08. The Bertz CT molecular complexity index is 958. The molecule has 0 spiro atoms.